The largest absolute Gasteiger partial charge is 0.440 e. The molecule has 0 aliphatic heterocycles. The zero-order chi connectivity index (χ0) is 12.2. The van der Waals surface area contributed by atoms with Crippen LogP contribution in [0.2, 0.25) is 0 Å². The van der Waals surface area contributed by atoms with Crippen LogP contribution in [-0.4, -0.2) is 26.5 Å². The molecule has 0 bridgehead atoms. The molecule has 0 aliphatic carbocycles. The zero-order valence-corrected chi connectivity index (χ0v) is 10.8. The molecule has 0 saturated carbocycles. The van der Waals surface area contributed by atoms with Gasteiger partial charge in [0.15, 0.2) is 0 Å². The van der Waals surface area contributed by atoms with Crippen LogP contribution in [0.3, 0.4) is 0 Å². The molecular weight excluding hydrogens is 219 g/mol. The first-order valence-corrected chi connectivity index (χ1v) is 6.94. The van der Waals surface area contributed by atoms with Gasteiger partial charge in [0.05, 0.1) is 6.61 Å². The van der Waals surface area contributed by atoms with Crippen molar-refractivity contribution in [3.63, 3.8) is 0 Å². The van der Waals surface area contributed by atoms with Crippen LogP contribution in [0.1, 0.15) is 33.6 Å². The van der Waals surface area contributed by atoms with Crippen LogP contribution in [0.15, 0.2) is 0 Å². The van der Waals surface area contributed by atoms with Gasteiger partial charge >= 0.3 is 7.60 Å². The minimum atomic E-state index is -3.01. The Hall–Kier alpha value is -0.380. The van der Waals surface area contributed by atoms with E-state index in [4.69, 9.17) is 4.52 Å². The summed E-state index contributed by atoms with van der Waals surface area (Å²) in [6, 6.07) is 0. The third kappa shape index (κ3) is 16.3. The molecule has 15 heavy (non-hydrogen) atoms. The maximum absolute atomic E-state index is 11.0. The van der Waals surface area contributed by atoms with Gasteiger partial charge in [-0.25, -0.2) is 0 Å². The maximum Gasteiger partial charge on any atom is 0.330 e. The summed E-state index contributed by atoms with van der Waals surface area (Å²) < 4.78 is 24.5. The van der Waals surface area contributed by atoms with E-state index in [9.17, 15) is 9.36 Å². The Balaban J connectivity index is 0. The highest BCUT2D eigenvalue weighted by Gasteiger charge is 2.15. The minimum absolute atomic E-state index is 0.214. The van der Waals surface area contributed by atoms with Crippen molar-refractivity contribution >= 4 is 14.1 Å². The van der Waals surface area contributed by atoms with Crippen molar-refractivity contribution in [3.05, 3.63) is 0 Å². The van der Waals surface area contributed by atoms with Gasteiger partial charge in [-0.15, -0.1) is 0 Å². The van der Waals surface area contributed by atoms with Crippen molar-refractivity contribution < 1.29 is 23.1 Å². The fourth-order valence-electron chi connectivity index (χ4n) is 0.426. The minimum Gasteiger partial charge on any atom is -0.440 e. The molecule has 0 aliphatic rings. The van der Waals surface area contributed by atoms with Crippen LogP contribution in [0.5, 0.6) is 0 Å². The van der Waals surface area contributed by atoms with E-state index in [-0.39, 0.29) is 13.3 Å². The lowest BCUT2D eigenvalue weighted by Gasteiger charge is -2.10. The number of ether oxygens (including phenoxy) is 1. The molecule has 0 spiro atoms. The molecule has 0 saturated heterocycles. The lowest BCUT2D eigenvalue weighted by atomic mass is 10.4. The second kappa shape index (κ2) is 11.7. The molecule has 0 rings (SSSR count). The molecule has 0 N–H and O–H groups in total. The molecule has 0 heterocycles. The Morgan fingerprint density at radius 2 is 1.67 bits per heavy atom. The average Bonchev–Trinajstić information content (AvgIpc) is 2.18. The second-order valence-electron chi connectivity index (χ2n) is 2.70. The Kier molecular flexibility index (Phi) is 13.3. The molecule has 5 nitrogen and oxygen atoms in total. The lowest BCUT2D eigenvalue weighted by molar-refractivity contribution is -0.134. The Morgan fingerprint density at radius 3 is 2.00 bits per heavy atom. The lowest BCUT2D eigenvalue weighted by Crippen LogP contribution is -1.98. The first-order chi connectivity index (χ1) is 7.04. The van der Waals surface area contributed by atoms with Crippen LogP contribution < -0.4 is 0 Å². The summed E-state index contributed by atoms with van der Waals surface area (Å²) in [5.74, 6) is 0. The predicted molar refractivity (Wildman–Crippen MR) is 58.8 cm³/mol. The van der Waals surface area contributed by atoms with Gasteiger partial charge < -0.3 is 9.26 Å². The molecule has 0 radical (unpaired) electrons. The number of hydrogen-bond acceptors (Lipinski definition) is 5. The van der Waals surface area contributed by atoms with E-state index in [0.717, 1.165) is 0 Å². The van der Waals surface area contributed by atoms with Crippen LogP contribution >= 0.6 is 7.60 Å². The number of carbonyl (C=O) groups excluding carboxylic acids is 1. The van der Waals surface area contributed by atoms with Crippen LogP contribution in [0, 0.1) is 0 Å². The third-order valence-corrected chi connectivity index (χ3v) is 2.59. The monoisotopic (exact) mass is 240 g/mol. The molecule has 0 amide bonds. The van der Waals surface area contributed by atoms with Gasteiger partial charge in [-0.2, -0.15) is 0 Å². The van der Waals surface area contributed by atoms with Gasteiger partial charge in [0.25, 0.3) is 6.47 Å². The molecule has 0 aromatic carbocycles. The summed E-state index contributed by atoms with van der Waals surface area (Å²) in [6.07, 6.45) is 2.64. The van der Waals surface area contributed by atoms with E-state index >= 15 is 0 Å². The number of hydrogen-bond donors (Lipinski definition) is 0. The summed E-state index contributed by atoms with van der Waals surface area (Å²) in [6.45, 7) is 7.54. The van der Waals surface area contributed by atoms with E-state index in [2.05, 4.69) is 23.1 Å². The molecule has 0 fully saturated rings. The summed E-state index contributed by atoms with van der Waals surface area (Å²) in [5, 5.41) is 0. The van der Waals surface area contributed by atoms with E-state index < -0.39 is 7.60 Å². The Labute approximate surface area is 91.6 Å². The van der Waals surface area contributed by atoms with Crippen LogP contribution in [0.25, 0.3) is 0 Å². The molecule has 0 aromatic heterocycles. The van der Waals surface area contributed by atoms with Gasteiger partial charge in [-0.1, -0.05) is 26.7 Å². The van der Waals surface area contributed by atoms with Crippen LogP contribution in [0.4, 0.5) is 0 Å². The van der Waals surface area contributed by atoms with Crippen molar-refractivity contribution in [2.24, 2.45) is 0 Å². The SMILES string of the molecule is CCCC.CCOP(C)(=O)OCOC=O. The fourth-order valence-corrected chi connectivity index (χ4v) is 1.22. The highest BCUT2D eigenvalue weighted by atomic mass is 31.2. The molecule has 0 aromatic rings. The van der Waals surface area contributed by atoms with Gasteiger partial charge in [0.2, 0.25) is 6.79 Å². The first kappa shape index (κ1) is 17.0. The van der Waals surface area contributed by atoms with Crippen molar-refractivity contribution in [1.82, 2.24) is 0 Å². The normalized spacial score (nSPS) is 13.3. The standard InChI is InChI=1S/C5H11O5P.C4H10/c1-3-9-11(2,7)10-5-8-4-6;1-3-4-2/h4H,3,5H2,1-2H3;3-4H2,1-2H3. The fraction of sp³-hybridized carbons (Fsp3) is 0.889. The molecule has 1 unspecified atom stereocenters. The summed E-state index contributed by atoms with van der Waals surface area (Å²) in [5.41, 5.74) is 0. The van der Waals surface area contributed by atoms with Crippen LogP contribution in [-0.2, 0) is 23.1 Å². The number of unbranched alkanes of at least 4 members (excludes halogenated alkanes) is 1. The maximum atomic E-state index is 11.0. The molecule has 6 heteroatoms. The zero-order valence-electron chi connectivity index (χ0n) is 9.89. The topological polar surface area (TPSA) is 61.8 Å². The van der Waals surface area contributed by atoms with Crippen molar-refractivity contribution in [1.29, 1.82) is 0 Å². The Bertz CT molecular complexity index is 181. The van der Waals surface area contributed by atoms with Crippen molar-refractivity contribution in [3.8, 4) is 0 Å². The highest BCUT2D eigenvalue weighted by molar-refractivity contribution is 7.52. The molecule has 92 valence electrons. The van der Waals surface area contributed by atoms with Gasteiger partial charge in [0, 0.05) is 6.66 Å². The van der Waals surface area contributed by atoms with Gasteiger partial charge in [-0.3, -0.25) is 13.9 Å². The van der Waals surface area contributed by atoms with Crippen molar-refractivity contribution in [2.75, 3.05) is 20.1 Å². The Morgan fingerprint density at radius 1 is 1.13 bits per heavy atom. The van der Waals surface area contributed by atoms with Crippen molar-refractivity contribution in [2.45, 2.75) is 33.6 Å². The summed E-state index contributed by atoms with van der Waals surface area (Å²) in [4.78, 5) is 9.62. The third-order valence-electron chi connectivity index (χ3n) is 1.29. The highest BCUT2D eigenvalue weighted by Crippen LogP contribution is 2.43. The summed E-state index contributed by atoms with van der Waals surface area (Å²) in [7, 11) is -3.01. The van der Waals surface area contributed by atoms with E-state index in [1.54, 1.807) is 6.92 Å². The summed E-state index contributed by atoms with van der Waals surface area (Å²) >= 11 is 0. The van der Waals surface area contributed by atoms with E-state index in [0.29, 0.717) is 6.61 Å². The number of carbonyl (C=O) groups is 1. The van der Waals surface area contributed by atoms with Gasteiger partial charge in [0.1, 0.15) is 0 Å². The molecule has 1 atom stereocenters. The predicted octanol–water partition coefficient (Wildman–Crippen LogP) is 2.80. The smallest absolute Gasteiger partial charge is 0.330 e. The second-order valence-corrected chi connectivity index (χ2v) is 4.76. The number of rotatable bonds is 7. The van der Waals surface area contributed by atoms with E-state index in [1.165, 1.54) is 19.5 Å². The quantitative estimate of drug-likeness (QED) is 0.296. The van der Waals surface area contributed by atoms with E-state index in [1.807, 2.05) is 0 Å². The molecular formula is C9H21O5P. The first-order valence-electron chi connectivity index (χ1n) is 4.95. The van der Waals surface area contributed by atoms with Gasteiger partial charge in [-0.05, 0) is 6.92 Å². The average molecular weight is 240 g/mol.